The summed E-state index contributed by atoms with van der Waals surface area (Å²) >= 11 is 0. The van der Waals surface area contributed by atoms with E-state index in [1.54, 1.807) is 18.7 Å². The van der Waals surface area contributed by atoms with Gasteiger partial charge < -0.3 is 9.64 Å². The summed E-state index contributed by atoms with van der Waals surface area (Å²) in [5.41, 5.74) is 0.523. The number of rotatable bonds is 6. The summed E-state index contributed by atoms with van der Waals surface area (Å²) in [5, 5.41) is 10.9. The first-order chi connectivity index (χ1) is 12.3. The van der Waals surface area contributed by atoms with Gasteiger partial charge in [0.25, 0.3) is 11.6 Å². The minimum absolute atomic E-state index is 0.0554. The number of benzene rings is 1. The van der Waals surface area contributed by atoms with Crippen molar-refractivity contribution in [1.29, 1.82) is 0 Å². The number of carbonyl (C=O) groups excluding carboxylic acids is 2. The second-order valence-corrected chi connectivity index (χ2v) is 6.72. The molecule has 0 bridgehead atoms. The Hall–Kier alpha value is -2.44. The Bertz CT molecular complexity index is 683. The van der Waals surface area contributed by atoms with E-state index >= 15 is 0 Å². The van der Waals surface area contributed by atoms with Crippen LogP contribution in [-0.4, -0.2) is 40.4 Å². The van der Waals surface area contributed by atoms with Crippen molar-refractivity contribution in [3.05, 3.63) is 39.4 Å². The summed E-state index contributed by atoms with van der Waals surface area (Å²) in [4.78, 5) is 37.2. The van der Waals surface area contributed by atoms with Crippen molar-refractivity contribution >= 4 is 17.6 Å². The maximum atomic E-state index is 12.7. The quantitative estimate of drug-likeness (QED) is 0.438. The molecule has 0 saturated heterocycles. The molecule has 26 heavy (non-hydrogen) atoms. The molecule has 1 fully saturated rings. The van der Waals surface area contributed by atoms with Gasteiger partial charge in [0.2, 0.25) is 0 Å². The number of carbonyl (C=O) groups is 2. The second kappa shape index (κ2) is 8.78. The van der Waals surface area contributed by atoms with Gasteiger partial charge in [-0.2, -0.15) is 0 Å². The Morgan fingerprint density at radius 3 is 2.50 bits per heavy atom. The highest BCUT2D eigenvalue weighted by molar-refractivity contribution is 5.92. The molecule has 0 unspecified atom stereocenters. The number of likely N-dealkylation sites (N-methyl/N-ethyl adjacent to an activating group) is 1. The van der Waals surface area contributed by atoms with Crippen molar-refractivity contribution in [3.8, 4) is 0 Å². The fraction of sp³-hybridized carbons (Fsp3) is 0.579. The van der Waals surface area contributed by atoms with Crippen LogP contribution < -0.4 is 0 Å². The van der Waals surface area contributed by atoms with Gasteiger partial charge in [-0.25, -0.2) is 4.79 Å². The van der Waals surface area contributed by atoms with E-state index in [1.807, 2.05) is 6.92 Å². The minimum atomic E-state index is -0.889. The Labute approximate surface area is 153 Å². The molecule has 1 atom stereocenters. The van der Waals surface area contributed by atoms with Crippen LogP contribution in [0.5, 0.6) is 0 Å². The predicted molar refractivity (Wildman–Crippen MR) is 97.0 cm³/mol. The molecule has 1 aliphatic carbocycles. The lowest BCUT2D eigenvalue weighted by Gasteiger charge is -2.35. The van der Waals surface area contributed by atoms with Gasteiger partial charge >= 0.3 is 5.97 Å². The van der Waals surface area contributed by atoms with Crippen molar-refractivity contribution in [2.45, 2.75) is 65.0 Å². The van der Waals surface area contributed by atoms with E-state index in [2.05, 4.69) is 0 Å². The number of nitro groups is 1. The number of nitrogens with zero attached hydrogens (tertiary/aromatic N) is 2. The van der Waals surface area contributed by atoms with Gasteiger partial charge in [-0.1, -0.05) is 19.3 Å². The molecule has 7 nitrogen and oxygen atoms in total. The molecule has 0 spiro atoms. The Morgan fingerprint density at radius 1 is 1.31 bits per heavy atom. The molecule has 0 N–H and O–H groups in total. The summed E-state index contributed by atoms with van der Waals surface area (Å²) in [6.07, 6.45) is 4.52. The minimum Gasteiger partial charge on any atom is -0.449 e. The molecule has 1 aliphatic rings. The topological polar surface area (TPSA) is 89.8 Å². The number of hydrogen-bond acceptors (Lipinski definition) is 5. The lowest BCUT2D eigenvalue weighted by atomic mass is 9.94. The van der Waals surface area contributed by atoms with Gasteiger partial charge in [0.15, 0.2) is 6.10 Å². The zero-order valence-corrected chi connectivity index (χ0v) is 15.6. The van der Waals surface area contributed by atoms with Crippen LogP contribution in [0.2, 0.25) is 0 Å². The highest BCUT2D eigenvalue weighted by Gasteiger charge is 2.29. The third kappa shape index (κ3) is 4.59. The van der Waals surface area contributed by atoms with Crippen molar-refractivity contribution in [3.63, 3.8) is 0 Å². The summed E-state index contributed by atoms with van der Waals surface area (Å²) < 4.78 is 5.33. The van der Waals surface area contributed by atoms with Gasteiger partial charge in [0.1, 0.15) is 0 Å². The van der Waals surface area contributed by atoms with Crippen LogP contribution in [-0.2, 0) is 9.53 Å². The number of esters is 1. The van der Waals surface area contributed by atoms with Gasteiger partial charge in [-0.15, -0.1) is 0 Å². The molecular formula is C19H26N2O5. The largest absolute Gasteiger partial charge is 0.449 e. The van der Waals surface area contributed by atoms with Crippen LogP contribution in [0.25, 0.3) is 0 Å². The molecule has 1 aromatic carbocycles. The lowest BCUT2D eigenvalue weighted by molar-refractivity contribution is -0.385. The zero-order chi connectivity index (χ0) is 19.3. The van der Waals surface area contributed by atoms with Crippen molar-refractivity contribution in [1.82, 2.24) is 4.90 Å². The SMILES string of the molecule is CCN(C(=O)[C@H](C)OC(=O)c1ccc([N+](=O)[O-])c(C)c1)C1CCCCC1. The Morgan fingerprint density at radius 2 is 1.96 bits per heavy atom. The van der Waals surface area contributed by atoms with Gasteiger partial charge in [-0.3, -0.25) is 14.9 Å². The first kappa shape index (κ1) is 19.9. The Balaban J connectivity index is 2.04. The third-order valence-electron chi connectivity index (χ3n) is 4.90. The lowest BCUT2D eigenvalue weighted by Crippen LogP contribution is -2.46. The molecule has 142 valence electrons. The van der Waals surface area contributed by atoms with Crippen molar-refractivity contribution in [2.75, 3.05) is 6.54 Å². The molecule has 7 heteroatoms. The summed E-state index contributed by atoms with van der Waals surface area (Å²) in [7, 11) is 0. The number of nitro benzene ring substituents is 1. The molecule has 0 radical (unpaired) electrons. The van der Waals surface area contributed by atoms with Crippen molar-refractivity contribution < 1.29 is 19.2 Å². The fourth-order valence-electron chi connectivity index (χ4n) is 3.49. The average Bonchev–Trinajstić information content (AvgIpc) is 2.62. The van der Waals surface area contributed by atoms with Crippen LogP contribution in [0.15, 0.2) is 18.2 Å². The van der Waals surface area contributed by atoms with Gasteiger partial charge in [-0.05, 0) is 45.7 Å². The molecule has 2 rings (SSSR count). The highest BCUT2D eigenvalue weighted by atomic mass is 16.6. The molecule has 0 aliphatic heterocycles. The average molecular weight is 362 g/mol. The maximum absolute atomic E-state index is 12.7. The first-order valence-electron chi connectivity index (χ1n) is 9.11. The van der Waals surface area contributed by atoms with Crippen LogP contribution in [0.4, 0.5) is 5.69 Å². The summed E-state index contributed by atoms with van der Waals surface area (Å²) in [5.74, 6) is -0.838. The van der Waals surface area contributed by atoms with Crippen LogP contribution >= 0.6 is 0 Å². The van der Waals surface area contributed by atoms with E-state index in [0.29, 0.717) is 12.1 Å². The van der Waals surface area contributed by atoms with E-state index in [9.17, 15) is 19.7 Å². The number of hydrogen-bond donors (Lipinski definition) is 0. The fourth-order valence-corrected chi connectivity index (χ4v) is 3.49. The molecule has 1 aromatic rings. The van der Waals surface area contributed by atoms with E-state index in [-0.39, 0.29) is 23.2 Å². The Kier molecular flexibility index (Phi) is 6.71. The second-order valence-electron chi connectivity index (χ2n) is 6.72. The molecule has 0 aromatic heterocycles. The summed E-state index contributed by atoms with van der Waals surface area (Å²) in [6.45, 7) is 5.65. The molecule has 1 amide bonds. The van der Waals surface area contributed by atoms with Gasteiger partial charge in [0, 0.05) is 24.2 Å². The third-order valence-corrected chi connectivity index (χ3v) is 4.90. The zero-order valence-electron chi connectivity index (χ0n) is 15.6. The van der Waals surface area contributed by atoms with Crippen LogP contribution in [0.1, 0.15) is 61.9 Å². The highest BCUT2D eigenvalue weighted by Crippen LogP contribution is 2.24. The molecular weight excluding hydrogens is 336 g/mol. The number of amides is 1. The monoisotopic (exact) mass is 362 g/mol. The molecule has 1 saturated carbocycles. The first-order valence-corrected chi connectivity index (χ1v) is 9.11. The van der Waals surface area contributed by atoms with Crippen LogP contribution in [0, 0.1) is 17.0 Å². The number of aryl methyl sites for hydroxylation is 1. The van der Waals surface area contributed by atoms with E-state index in [4.69, 9.17) is 4.74 Å². The standard InChI is InChI=1S/C19H26N2O5/c1-4-20(16-8-6-5-7-9-16)18(22)14(3)26-19(23)15-10-11-17(21(24)25)13(2)12-15/h10-12,14,16H,4-9H2,1-3H3/t14-/m0/s1. The van der Waals surface area contributed by atoms with Crippen LogP contribution in [0.3, 0.4) is 0 Å². The van der Waals surface area contributed by atoms with E-state index in [1.165, 1.54) is 24.6 Å². The number of ether oxygens (including phenoxy) is 1. The van der Waals surface area contributed by atoms with E-state index in [0.717, 1.165) is 25.7 Å². The van der Waals surface area contributed by atoms with Gasteiger partial charge in [0.05, 0.1) is 10.5 Å². The summed E-state index contributed by atoms with van der Waals surface area (Å²) in [6, 6.07) is 4.25. The smallest absolute Gasteiger partial charge is 0.338 e. The van der Waals surface area contributed by atoms with Crippen molar-refractivity contribution in [2.24, 2.45) is 0 Å². The molecule has 0 heterocycles. The maximum Gasteiger partial charge on any atom is 0.338 e. The predicted octanol–water partition coefficient (Wildman–Crippen LogP) is 3.63. The normalized spacial score (nSPS) is 16.0. The van der Waals surface area contributed by atoms with E-state index < -0.39 is 17.0 Å².